The van der Waals surface area contributed by atoms with E-state index in [2.05, 4.69) is 4.98 Å². The number of hydrogen-bond donors (Lipinski definition) is 1. The van der Waals surface area contributed by atoms with Gasteiger partial charge in [-0.1, -0.05) is 20.8 Å². The number of Topliss-reactive ketones (excluding diaryl/α,β-unsaturated/α-hetero) is 1. The Morgan fingerprint density at radius 1 is 0.776 bits per heavy atom. The first-order chi connectivity index (χ1) is 31.3. The van der Waals surface area contributed by atoms with Gasteiger partial charge in [0, 0.05) is 46.2 Å². The molecule has 3 aliphatic heterocycles. The molecule has 22 heteroatoms. The number of aromatic nitrogens is 1. The maximum Gasteiger partial charge on any atom is 0.340 e. The Morgan fingerprint density at radius 2 is 1.39 bits per heavy atom. The van der Waals surface area contributed by atoms with Crippen molar-refractivity contribution in [3.63, 3.8) is 0 Å². The molecule has 1 aromatic rings. The SMILES string of the molecule is COC(=O)C[C@@H]1C(=O)CCC(C)C(=O)O[C@@H]2[C@@H]3[C@@H](OC(C)=O)[C@@]45O[C@@]3(C)COC(=O)c3cccnc3C(C)C(C)C(=O)O[C@@H]([C@H](OC(C)=O)[C@H](OC(C)=O)[C@@]4(COC1=O)[C@@H]2OC(C)=O)[C@]5(C)O. The smallest absolute Gasteiger partial charge is 0.340 e. The van der Waals surface area contributed by atoms with Crippen LogP contribution in [0.1, 0.15) is 104 Å². The van der Waals surface area contributed by atoms with Crippen molar-refractivity contribution in [3.8, 4) is 0 Å². The van der Waals surface area contributed by atoms with Crippen molar-refractivity contribution in [2.24, 2.45) is 29.1 Å². The largest absolute Gasteiger partial charge is 0.469 e. The highest BCUT2D eigenvalue weighted by Crippen LogP contribution is 2.70. The van der Waals surface area contributed by atoms with Crippen LogP contribution < -0.4 is 0 Å². The lowest BCUT2D eigenvalue weighted by Gasteiger charge is -2.67. The van der Waals surface area contributed by atoms with Crippen molar-refractivity contribution < 1.29 is 100 Å². The summed E-state index contributed by atoms with van der Waals surface area (Å²) in [7, 11) is 1.01. The standard InChI is InChI=1S/C45H55NO21/c1-19-13-14-28(51)27(16-29(52)58-10)41(56)60-18-44-36(63-24(6)49)32(65-38(19)53)30-34(62-23(5)48)45(44)43(9,57)35(33(61-22(4)47)37(44)64-25(7)50)66-39(54)21(3)20(2)31-26(12-11-15-46-31)40(55)59-17-42(30,8)67-45/h11-12,15,19-21,27,30,32-37,57H,13-14,16-18H2,1-10H3/t19?,20?,21?,27-,30-,32-,33+,34-,35+,36-,37+,42+,43+,44-,45+/m1/s1. The van der Waals surface area contributed by atoms with Crippen LogP contribution in [-0.2, 0) is 90.5 Å². The molecule has 6 bridgehead atoms. The van der Waals surface area contributed by atoms with Crippen molar-refractivity contribution in [2.75, 3.05) is 20.3 Å². The molecule has 0 radical (unpaired) electrons. The highest BCUT2D eigenvalue weighted by Gasteiger charge is 2.92. The molecule has 6 rings (SSSR count). The maximum absolute atomic E-state index is 14.6. The van der Waals surface area contributed by atoms with Gasteiger partial charge in [0.15, 0.2) is 30.0 Å². The molecule has 2 spiro atoms. The molecule has 67 heavy (non-hydrogen) atoms. The number of nitrogens with zero attached hydrogens (tertiary/aromatic N) is 1. The Bertz CT molecular complexity index is 2240. The Kier molecular flexibility index (Phi) is 14.0. The third-order valence-corrected chi connectivity index (χ3v) is 13.8. The van der Waals surface area contributed by atoms with Gasteiger partial charge in [0.2, 0.25) is 0 Å². The second-order valence-corrected chi connectivity index (χ2v) is 18.2. The summed E-state index contributed by atoms with van der Waals surface area (Å²) in [4.78, 5) is 143. The summed E-state index contributed by atoms with van der Waals surface area (Å²) in [5, 5.41) is 13.7. The molecule has 4 fully saturated rings. The van der Waals surface area contributed by atoms with E-state index in [1.807, 2.05) is 0 Å². The number of methoxy groups -OCH3 is 1. The van der Waals surface area contributed by atoms with Crippen LogP contribution in [0.2, 0.25) is 0 Å². The minimum absolute atomic E-state index is 0.0891. The van der Waals surface area contributed by atoms with E-state index < -0.39 is 174 Å². The molecule has 1 N–H and O–H groups in total. The van der Waals surface area contributed by atoms with E-state index in [0.717, 1.165) is 41.7 Å². The summed E-state index contributed by atoms with van der Waals surface area (Å²) in [6.45, 7) is 8.31. The van der Waals surface area contributed by atoms with E-state index in [1.54, 1.807) is 6.92 Å². The van der Waals surface area contributed by atoms with Crippen molar-refractivity contribution >= 4 is 59.5 Å². The lowest BCUT2D eigenvalue weighted by molar-refractivity contribution is -0.387. The van der Waals surface area contributed by atoms with Crippen molar-refractivity contribution in [2.45, 2.75) is 141 Å². The summed E-state index contributed by atoms with van der Waals surface area (Å²) in [6.07, 6.45) is -13.2. The average Bonchev–Trinajstić information content (AvgIpc) is 3.47. The number of rotatable bonds is 6. The second kappa shape index (κ2) is 18.6. The molecule has 2 saturated heterocycles. The number of ketones is 1. The minimum Gasteiger partial charge on any atom is -0.469 e. The van der Waals surface area contributed by atoms with E-state index in [9.17, 15) is 53.1 Å². The van der Waals surface area contributed by atoms with E-state index in [4.69, 9.17) is 47.4 Å². The van der Waals surface area contributed by atoms with Gasteiger partial charge in [0.05, 0.1) is 42.5 Å². The third kappa shape index (κ3) is 8.50. The molecule has 22 nitrogen and oxygen atoms in total. The highest BCUT2D eigenvalue weighted by molar-refractivity contribution is 6.01. The molecular weight excluding hydrogens is 890 g/mol. The molecule has 1 aromatic heterocycles. The molecule has 5 aliphatic rings. The molecule has 15 atom stereocenters. The Hall–Kier alpha value is -6.03. The first-order valence-electron chi connectivity index (χ1n) is 21.7. The lowest BCUT2D eigenvalue weighted by atomic mass is 9.45. The van der Waals surface area contributed by atoms with Gasteiger partial charge in [-0.15, -0.1) is 0 Å². The van der Waals surface area contributed by atoms with Crippen molar-refractivity contribution in [1.82, 2.24) is 4.98 Å². The van der Waals surface area contributed by atoms with Gasteiger partial charge in [0.25, 0.3) is 0 Å². The zero-order chi connectivity index (χ0) is 49.7. The molecular formula is C45H55NO21. The van der Waals surface area contributed by atoms with Gasteiger partial charge in [-0.05, 0) is 32.4 Å². The summed E-state index contributed by atoms with van der Waals surface area (Å²) in [5.41, 5.74) is -11.0. The predicted octanol–water partition coefficient (Wildman–Crippen LogP) is 1.17. The third-order valence-electron chi connectivity index (χ3n) is 13.8. The van der Waals surface area contributed by atoms with Gasteiger partial charge in [0.1, 0.15) is 53.7 Å². The van der Waals surface area contributed by atoms with Crippen LogP contribution in [0.25, 0.3) is 0 Å². The average molecular weight is 946 g/mol. The number of esters is 9. The molecule has 2 saturated carbocycles. The van der Waals surface area contributed by atoms with E-state index >= 15 is 0 Å². The fraction of sp³-hybridized carbons (Fsp3) is 0.667. The first-order valence-corrected chi connectivity index (χ1v) is 21.7. The summed E-state index contributed by atoms with van der Waals surface area (Å²) < 4.78 is 60.5. The normalized spacial score (nSPS) is 38.6. The molecule has 2 aliphatic carbocycles. The number of cyclic esters (lactones) is 2. The number of hydrogen-bond acceptors (Lipinski definition) is 22. The predicted molar refractivity (Wildman–Crippen MR) is 217 cm³/mol. The second-order valence-electron chi connectivity index (χ2n) is 18.2. The molecule has 0 amide bonds. The van der Waals surface area contributed by atoms with Crippen molar-refractivity contribution in [1.29, 1.82) is 0 Å². The number of carbonyl (C=O) groups is 10. The number of pyridine rings is 1. The topological polar surface area (TPSA) is 296 Å². The fourth-order valence-electron chi connectivity index (χ4n) is 10.6. The quantitative estimate of drug-likeness (QED) is 0.238. The minimum atomic E-state index is -2.98. The molecule has 4 heterocycles. The van der Waals surface area contributed by atoms with Gasteiger partial charge in [-0.2, -0.15) is 0 Å². The summed E-state index contributed by atoms with van der Waals surface area (Å²) in [5.74, 6) is -17.9. The molecule has 0 aromatic carbocycles. The van der Waals surface area contributed by atoms with E-state index in [-0.39, 0.29) is 17.7 Å². The van der Waals surface area contributed by atoms with Crippen LogP contribution >= 0.6 is 0 Å². The zero-order valence-corrected chi connectivity index (χ0v) is 38.7. The first kappa shape index (κ1) is 50.4. The number of fused-ring (bicyclic) bond motifs is 7. The molecule has 3 unspecified atom stereocenters. The van der Waals surface area contributed by atoms with Crippen LogP contribution in [-0.4, -0.2) is 143 Å². The fourth-order valence-corrected chi connectivity index (χ4v) is 10.6. The zero-order valence-electron chi connectivity index (χ0n) is 38.7. The Labute approximate surface area is 384 Å². The highest BCUT2D eigenvalue weighted by atomic mass is 16.7. The summed E-state index contributed by atoms with van der Waals surface area (Å²) >= 11 is 0. The number of carbonyl (C=O) groups excluding carboxylic acids is 10. The lowest BCUT2D eigenvalue weighted by Crippen LogP contribution is -2.89. The summed E-state index contributed by atoms with van der Waals surface area (Å²) in [6, 6.07) is 2.84. The van der Waals surface area contributed by atoms with Crippen LogP contribution in [0.3, 0.4) is 0 Å². The van der Waals surface area contributed by atoms with Gasteiger partial charge < -0.3 is 52.5 Å². The Morgan fingerprint density at radius 3 is 2.00 bits per heavy atom. The van der Waals surface area contributed by atoms with Gasteiger partial charge in [-0.25, -0.2) is 4.79 Å². The number of aliphatic hydroxyl groups is 1. The van der Waals surface area contributed by atoms with Crippen molar-refractivity contribution in [3.05, 3.63) is 29.6 Å². The molecule has 366 valence electrons. The van der Waals surface area contributed by atoms with Crippen LogP contribution in [0.15, 0.2) is 18.3 Å². The number of ether oxygens (including phenoxy) is 10. The van der Waals surface area contributed by atoms with E-state index in [0.29, 0.717) is 0 Å². The van der Waals surface area contributed by atoms with Crippen LogP contribution in [0.5, 0.6) is 0 Å². The van der Waals surface area contributed by atoms with Gasteiger partial charge in [-0.3, -0.25) is 48.1 Å². The van der Waals surface area contributed by atoms with E-state index in [1.165, 1.54) is 39.1 Å². The Balaban J connectivity index is 1.81. The maximum atomic E-state index is 14.6. The van der Waals surface area contributed by atoms with Crippen LogP contribution in [0, 0.1) is 29.1 Å². The monoisotopic (exact) mass is 945 g/mol. The van der Waals surface area contributed by atoms with Gasteiger partial charge >= 0.3 is 53.7 Å². The van der Waals surface area contributed by atoms with Crippen LogP contribution in [0.4, 0.5) is 0 Å².